The fourth-order valence-corrected chi connectivity index (χ4v) is 4.53. The molecular weight excluding hydrogens is 402 g/mol. The largest absolute Gasteiger partial charge is 0.480 e. The number of rotatable bonds is 3. The highest BCUT2D eigenvalue weighted by Crippen LogP contribution is 2.36. The summed E-state index contributed by atoms with van der Waals surface area (Å²) in [5, 5.41) is 5.25. The second-order valence-corrected chi connectivity index (χ2v) is 8.98. The maximum absolute atomic E-state index is 13.2. The van der Waals surface area contributed by atoms with Crippen LogP contribution in [0.5, 0.6) is 5.75 Å². The molecular formula is C22H19N3O4S. The molecule has 1 aromatic heterocycles. The van der Waals surface area contributed by atoms with Gasteiger partial charge in [-0.25, -0.2) is 13.6 Å². The van der Waals surface area contributed by atoms with Crippen LogP contribution in [0.15, 0.2) is 65.7 Å². The van der Waals surface area contributed by atoms with Crippen molar-refractivity contribution in [3.05, 3.63) is 71.9 Å². The molecule has 5 rings (SSSR count). The lowest BCUT2D eigenvalue weighted by Gasteiger charge is -2.21. The van der Waals surface area contributed by atoms with Crippen LogP contribution in [0.4, 0.5) is 5.69 Å². The Morgan fingerprint density at radius 2 is 1.93 bits per heavy atom. The van der Waals surface area contributed by atoms with Crippen molar-refractivity contribution in [2.45, 2.75) is 23.8 Å². The molecule has 0 aliphatic carbocycles. The van der Waals surface area contributed by atoms with Crippen molar-refractivity contribution < 1.29 is 17.9 Å². The van der Waals surface area contributed by atoms with Crippen LogP contribution in [0.3, 0.4) is 0 Å². The third-order valence-electron chi connectivity index (χ3n) is 5.52. The highest BCUT2D eigenvalue weighted by molar-refractivity contribution is 7.89. The van der Waals surface area contributed by atoms with E-state index in [0.29, 0.717) is 30.8 Å². The average Bonchev–Trinajstić information content (AvgIpc) is 3.36. The minimum absolute atomic E-state index is 0.00317. The van der Waals surface area contributed by atoms with Crippen LogP contribution in [-0.4, -0.2) is 32.0 Å². The Kier molecular flexibility index (Phi) is 4.34. The highest BCUT2D eigenvalue weighted by Gasteiger charge is 2.36. The summed E-state index contributed by atoms with van der Waals surface area (Å²) in [6.07, 6.45) is 2.21. The molecule has 0 bridgehead atoms. The number of carbonyl (C=O) groups is 1. The zero-order valence-electron chi connectivity index (χ0n) is 16.0. The van der Waals surface area contributed by atoms with Gasteiger partial charge < -0.3 is 9.64 Å². The van der Waals surface area contributed by atoms with Crippen LogP contribution in [0.2, 0.25) is 0 Å². The maximum atomic E-state index is 13.2. The Balaban J connectivity index is 1.40. The Morgan fingerprint density at radius 3 is 2.70 bits per heavy atom. The molecule has 30 heavy (non-hydrogen) atoms. The third-order valence-corrected chi connectivity index (χ3v) is 6.44. The molecule has 3 heterocycles. The summed E-state index contributed by atoms with van der Waals surface area (Å²) in [6.45, 7) is 0.484. The van der Waals surface area contributed by atoms with E-state index in [1.807, 2.05) is 36.4 Å². The van der Waals surface area contributed by atoms with Gasteiger partial charge in [0.25, 0.3) is 5.91 Å². The number of fused-ring (bicyclic) bond motifs is 2. The monoisotopic (exact) mass is 421 g/mol. The Morgan fingerprint density at radius 1 is 1.10 bits per heavy atom. The van der Waals surface area contributed by atoms with Gasteiger partial charge in [0.2, 0.25) is 10.0 Å². The van der Waals surface area contributed by atoms with Gasteiger partial charge >= 0.3 is 0 Å². The predicted octanol–water partition coefficient (Wildman–Crippen LogP) is 2.29. The number of amides is 1. The van der Waals surface area contributed by atoms with E-state index in [0.717, 1.165) is 22.4 Å². The molecule has 0 fully saturated rings. The topological polar surface area (TPSA) is 103 Å². The molecule has 1 amide bonds. The molecule has 2 N–H and O–H groups in total. The molecule has 152 valence electrons. The first-order valence-electron chi connectivity index (χ1n) is 9.58. The van der Waals surface area contributed by atoms with E-state index in [4.69, 9.17) is 9.88 Å². The van der Waals surface area contributed by atoms with Gasteiger partial charge in [0.15, 0.2) is 6.10 Å². The Hall–Kier alpha value is -3.23. The van der Waals surface area contributed by atoms with E-state index in [-0.39, 0.29) is 10.8 Å². The van der Waals surface area contributed by atoms with Gasteiger partial charge in [-0.2, -0.15) is 0 Å². The summed E-state index contributed by atoms with van der Waals surface area (Å²) in [5.74, 6) is 0.491. The summed E-state index contributed by atoms with van der Waals surface area (Å²) >= 11 is 0. The number of ether oxygens (including phenoxy) is 1. The second-order valence-electron chi connectivity index (χ2n) is 7.42. The molecule has 0 saturated heterocycles. The molecule has 2 aliphatic heterocycles. The summed E-state index contributed by atoms with van der Waals surface area (Å²) in [6, 6.07) is 16.2. The molecule has 7 nitrogen and oxygen atoms in total. The van der Waals surface area contributed by atoms with E-state index in [9.17, 15) is 13.2 Å². The number of nitrogens with two attached hydrogens (primary N) is 1. The molecule has 0 spiro atoms. The van der Waals surface area contributed by atoms with E-state index in [1.165, 1.54) is 12.1 Å². The van der Waals surface area contributed by atoms with Crippen molar-refractivity contribution in [3.63, 3.8) is 0 Å². The first-order chi connectivity index (χ1) is 14.4. The van der Waals surface area contributed by atoms with Crippen LogP contribution < -0.4 is 14.8 Å². The van der Waals surface area contributed by atoms with Crippen molar-refractivity contribution in [2.24, 2.45) is 5.14 Å². The second kappa shape index (κ2) is 6.93. The van der Waals surface area contributed by atoms with Crippen LogP contribution >= 0.6 is 0 Å². The number of hydrogen-bond acceptors (Lipinski definition) is 5. The minimum atomic E-state index is -3.84. The number of aromatic nitrogens is 1. The van der Waals surface area contributed by atoms with Gasteiger partial charge in [-0.3, -0.25) is 9.78 Å². The van der Waals surface area contributed by atoms with Gasteiger partial charge in [-0.1, -0.05) is 24.3 Å². The number of pyridine rings is 1. The van der Waals surface area contributed by atoms with E-state index in [1.54, 1.807) is 17.2 Å². The number of hydrogen-bond donors (Lipinski definition) is 1. The lowest BCUT2D eigenvalue weighted by molar-refractivity contribution is -0.124. The zero-order valence-corrected chi connectivity index (χ0v) is 16.8. The molecule has 1 unspecified atom stereocenters. The summed E-state index contributed by atoms with van der Waals surface area (Å²) in [4.78, 5) is 19.2. The fraction of sp³-hybridized carbons (Fsp3) is 0.182. The van der Waals surface area contributed by atoms with Crippen LogP contribution in [-0.2, 0) is 27.7 Å². The van der Waals surface area contributed by atoms with Gasteiger partial charge in [0.1, 0.15) is 5.75 Å². The van der Waals surface area contributed by atoms with E-state index >= 15 is 0 Å². The van der Waals surface area contributed by atoms with Crippen molar-refractivity contribution in [1.82, 2.24) is 4.98 Å². The Bertz CT molecular complexity index is 1260. The van der Waals surface area contributed by atoms with Crippen molar-refractivity contribution >= 4 is 21.6 Å². The number of benzene rings is 2. The lowest BCUT2D eigenvalue weighted by atomic mass is 10.0. The highest BCUT2D eigenvalue weighted by atomic mass is 32.2. The SMILES string of the molecule is NS(=O)(=O)c1ccc2c(c1)N(C(=O)C1Cc3ccc(-c4ccccn4)cc3O1)CC2. The van der Waals surface area contributed by atoms with Crippen molar-refractivity contribution in [2.75, 3.05) is 11.4 Å². The molecule has 3 aromatic rings. The quantitative estimate of drug-likeness (QED) is 0.699. The number of nitrogens with zero attached hydrogens (tertiary/aromatic N) is 2. The maximum Gasteiger partial charge on any atom is 0.268 e. The van der Waals surface area contributed by atoms with Crippen LogP contribution in [0.1, 0.15) is 11.1 Å². The van der Waals surface area contributed by atoms with E-state index < -0.39 is 16.1 Å². The summed E-state index contributed by atoms with van der Waals surface area (Å²) < 4.78 is 29.4. The first kappa shape index (κ1) is 18.8. The average molecular weight is 421 g/mol. The summed E-state index contributed by atoms with van der Waals surface area (Å²) in [5.41, 5.74) is 4.23. The minimum Gasteiger partial charge on any atom is -0.480 e. The molecule has 0 saturated carbocycles. The lowest BCUT2D eigenvalue weighted by Crippen LogP contribution is -2.40. The normalized spacial score (nSPS) is 17.4. The fourth-order valence-electron chi connectivity index (χ4n) is 4.00. The van der Waals surface area contributed by atoms with Crippen molar-refractivity contribution in [1.29, 1.82) is 0 Å². The van der Waals surface area contributed by atoms with Gasteiger partial charge in [-0.15, -0.1) is 0 Å². The predicted molar refractivity (Wildman–Crippen MR) is 112 cm³/mol. The van der Waals surface area contributed by atoms with Gasteiger partial charge in [-0.05, 0) is 47.9 Å². The number of sulfonamides is 1. The molecule has 2 aromatic carbocycles. The van der Waals surface area contributed by atoms with Crippen LogP contribution in [0.25, 0.3) is 11.3 Å². The molecule has 2 aliphatic rings. The molecule has 1 atom stereocenters. The van der Waals surface area contributed by atoms with Crippen molar-refractivity contribution in [3.8, 4) is 17.0 Å². The number of carbonyl (C=O) groups excluding carboxylic acids is 1. The third kappa shape index (κ3) is 3.24. The summed E-state index contributed by atoms with van der Waals surface area (Å²) in [7, 11) is -3.84. The van der Waals surface area contributed by atoms with Gasteiger partial charge in [0.05, 0.1) is 10.6 Å². The van der Waals surface area contributed by atoms with Crippen LogP contribution in [0, 0.1) is 0 Å². The molecule has 0 radical (unpaired) electrons. The smallest absolute Gasteiger partial charge is 0.268 e. The molecule has 8 heteroatoms. The Labute approximate surface area is 174 Å². The zero-order chi connectivity index (χ0) is 20.9. The standard InChI is InChI=1S/C22H19N3O4S/c23-30(27,28)17-7-6-14-8-10-25(19(14)13-17)22(26)21-12-16-5-4-15(11-20(16)29-21)18-3-1-2-9-24-18/h1-7,9,11,13,21H,8,10,12H2,(H2,23,27,28). The van der Waals surface area contributed by atoms with Gasteiger partial charge in [0, 0.05) is 30.4 Å². The number of anilines is 1. The first-order valence-corrected chi connectivity index (χ1v) is 11.1. The van der Waals surface area contributed by atoms with E-state index in [2.05, 4.69) is 4.98 Å². The number of primary sulfonamides is 1.